The van der Waals surface area contributed by atoms with Gasteiger partial charge in [0.25, 0.3) is 0 Å². The first kappa shape index (κ1) is 16.8. The normalized spacial score (nSPS) is 11.5. The number of hydrogen-bond acceptors (Lipinski definition) is 4. The lowest BCUT2D eigenvalue weighted by Gasteiger charge is -2.14. The Morgan fingerprint density at radius 2 is 1.95 bits per heavy atom. The summed E-state index contributed by atoms with van der Waals surface area (Å²) in [7, 11) is 1.37. The number of ether oxygens (including phenoxy) is 2. The first-order chi connectivity index (χ1) is 10.1. The Balaban J connectivity index is 2.52. The molecule has 2 amide bonds. The SMILES string of the molecule is CCCOc1ccc(NC(=O)NC(COC)C(=O)O)cc1. The van der Waals surface area contributed by atoms with Gasteiger partial charge in [-0.1, -0.05) is 6.92 Å². The number of methoxy groups -OCH3 is 1. The fourth-order valence-corrected chi connectivity index (χ4v) is 1.52. The van der Waals surface area contributed by atoms with E-state index in [1.54, 1.807) is 24.3 Å². The van der Waals surface area contributed by atoms with E-state index >= 15 is 0 Å². The molecule has 1 aromatic carbocycles. The summed E-state index contributed by atoms with van der Waals surface area (Å²) in [5.74, 6) is -0.444. The number of carbonyl (C=O) groups excluding carboxylic acids is 1. The van der Waals surface area contributed by atoms with E-state index in [-0.39, 0.29) is 6.61 Å². The molecular formula is C14H20N2O5. The second-order valence-electron chi connectivity index (χ2n) is 4.32. The highest BCUT2D eigenvalue weighted by Crippen LogP contribution is 2.15. The van der Waals surface area contributed by atoms with Crippen LogP contribution in [0.1, 0.15) is 13.3 Å². The molecule has 0 saturated carbocycles. The molecule has 0 spiro atoms. The van der Waals surface area contributed by atoms with E-state index in [0.717, 1.165) is 6.42 Å². The van der Waals surface area contributed by atoms with E-state index in [2.05, 4.69) is 10.6 Å². The van der Waals surface area contributed by atoms with Gasteiger partial charge in [-0.15, -0.1) is 0 Å². The molecule has 0 bridgehead atoms. The molecule has 0 aromatic heterocycles. The summed E-state index contributed by atoms with van der Waals surface area (Å²) >= 11 is 0. The number of amides is 2. The Hall–Kier alpha value is -2.28. The fourth-order valence-electron chi connectivity index (χ4n) is 1.52. The third-order valence-corrected chi connectivity index (χ3v) is 2.52. The summed E-state index contributed by atoms with van der Waals surface area (Å²) in [6, 6.07) is 5.11. The second kappa shape index (κ2) is 8.80. The van der Waals surface area contributed by atoms with E-state index < -0.39 is 18.0 Å². The Bertz CT molecular complexity index is 461. The van der Waals surface area contributed by atoms with Crippen molar-refractivity contribution in [1.82, 2.24) is 5.32 Å². The number of aliphatic carboxylic acids is 1. The zero-order valence-corrected chi connectivity index (χ0v) is 12.1. The van der Waals surface area contributed by atoms with Crippen molar-refractivity contribution in [3.05, 3.63) is 24.3 Å². The molecule has 0 saturated heterocycles. The highest BCUT2D eigenvalue weighted by atomic mass is 16.5. The van der Waals surface area contributed by atoms with Crippen LogP contribution in [0.4, 0.5) is 10.5 Å². The van der Waals surface area contributed by atoms with Crippen LogP contribution in [-0.2, 0) is 9.53 Å². The van der Waals surface area contributed by atoms with Crippen molar-refractivity contribution in [2.24, 2.45) is 0 Å². The van der Waals surface area contributed by atoms with Gasteiger partial charge in [-0.3, -0.25) is 0 Å². The van der Waals surface area contributed by atoms with E-state index in [1.807, 2.05) is 6.92 Å². The van der Waals surface area contributed by atoms with Gasteiger partial charge in [0, 0.05) is 12.8 Å². The number of rotatable bonds is 8. The van der Waals surface area contributed by atoms with E-state index in [0.29, 0.717) is 18.0 Å². The smallest absolute Gasteiger partial charge is 0.328 e. The average molecular weight is 296 g/mol. The molecule has 0 aliphatic carbocycles. The van der Waals surface area contributed by atoms with Gasteiger partial charge in [0.15, 0.2) is 6.04 Å². The van der Waals surface area contributed by atoms with E-state index in [1.165, 1.54) is 7.11 Å². The van der Waals surface area contributed by atoms with Gasteiger partial charge in [-0.25, -0.2) is 9.59 Å². The average Bonchev–Trinajstić information content (AvgIpc) is 2.46. The van der Waals surface area contributed by atoms with Crippen LogP contribution >= 0.6 is 0 Å². The monoisotopic (exact) mass is 296 g/mol. The van der Waals surface area contributed by atoms with E-state index in [4.69, 9.17) is 14.6 Å². The summed E-state index contributed by atoms with van der Waals surface area (Å²) in [5, 5.41) is 13.8. The van der Waals surface area contributed by atoms with Gasteiger partial charge in [-0.05, 0) is 30.7 Å². The van der Waals surface area contributed by atoms with Crippen LogP contribution in [0.3, 0.4) is 0 Å². The number of carboxylic acid groups (broad SMARTS) is 1. The number of hydrogen-bond donors (Lipinski definition) is 3. The lowest BCUT2D eigenvalue weighted by atomic mass is 10.3. The first-order valence-corrected chi connectivity index (χ1v) is 6.59. The maximum absolute atomic E-state index is 11.7. The second-order valence-corrected chi connectivity index (χ2v) is 4.32. The third kappa shape index (κ3) is 6.13. The summed E-state index contributed by atoms with van der Waals surface area (Å²) in [6.45, 7) is 2.54. The third-order valence-electron chi connectivity index (χ3n) is 2.52. The largest absolute Gasteiger partial charge is 0.494 e. The number of carbonyl (C=O) groups is 2. The number of carboxylic acids is 1. The molecule has 1 atom stereocenters. The molecule has 0 fully saturated rings. The summed E-state index contributed by atoms with van der Waals surface area (Å²) in [4.78, 5) is 22.6. The standard InChI is InChI=1S/C14H20N2O5/c1-3-8-21-11-6-4-10(5-7-11)15-14(19)16-12(9-20-2)13(17)18/h4-7,12H,3,8-9H2,1-2H3,(H,17,18)(H2,15,16,19). The van der Waals surface area contributed by atoms with Gasteiger partial charge in [0.05, 0.1) is 13.2 Å². The van der Waals surface area contributed by atoms with Crippen molar-refractivity contribution in [2.45, 2.75) is 19.4 Å². The zero-order valence-electron chi connectivity index (χ0n) is 12.1. The number of benzene rings is 1. The van der Waals surface area contributed by atoms with Crippen molar-refractivity contribution in [3.63, 3.8) is 0 Å². The minimum Gasteiger partial charge on any atom is -0.494 e. The van der Waals surface area contributed by atoms with Crippen LogP contribution in [-0.4, -0.2) is 43.5 Å². The molecule has 3 N–H and O–H groups in total. The minimum atomic E-state index is -1.16. The highest BCUT2D eigenvalue weighted by molar-refractivity contribution is 5.92. The van der Waals surface area contributed by atoms with Crippen molar-refractivity contribution in [2.75, 3.05) is 25.6 Å². The Labute approximate surface area is 123 Å². The summed E-state index contributed by atoms with van der Waals surface area (Å²) in [5.41, 5.74) is 0.540. The van der Waals surface area contributed by atoms with Crippen LogP contribution in [0.25, 0.3) is 0 Å². The fraction of sp³-hybridized carbons (Fsp3) is 0.429. The lowest BCUT2D eigenvalue weighted by Crippen LogP contribution is -2.45. The number of urea groups is 1. The molecule has 0 aliphatic heterocycles. The van der Waals surface area contributed by atoms with E-state index in [9.17, 15) is 9.59 Å². The van der Waals surface area contributed by atoms with Crippen LogP contribution in [0.5, 0.6) is 5.75 Å². The molecule has 21 heavy (non-hydrogen) atoms. The summed E-state index contributed by atoms with van der Waals surface area (Å²) in [6.07, 6.45) is 0.915. The lowest BCUT2D eigenvalue weighted by molar-refractivity contribution is -0.140. The highest BCUT2D eigenvalue weighted by Gasteiger charge is 2.19. The van der Waals surface area contributed by atoms with Gasteiger partial charge in [-0.2, -0.15) is 0 Å². The van der Waals surface area contributed by atoms with Crippen molar-refractivity contribution >= 4 is 17.7 Å². The molecule has 1 aromatic rings. The molecule has 0 aliphatic rings. The Morgan fingerprint density at radius 1 is 1.29 bits per heavy atom. The number of nitrogens with one attached hydrogen (secondary N) is 2. The molecule has 116 valence electrons. The predicted octanol–water partition coefficient (Wildman–Crippen LogP) is 1.70. The molecule has 7 nitrogen and oxygen atoms in total. The Morgan fingerprint density at radius 3 is 2.48 bits per heavy atom. The zero-order chi connectivity index (χ0) is 15.7. The van der Waals surface area contributed by atoms with Crippen molar-refractivity contribution in [3.8, 4) is 5.75 Å². The molecular weight excluding hydrogens is 276 g/mol. The van der Waals surface area contributed by atoms with Crippen molar-refractivity contribution < 1.29 is 24.2 Å². The van der Waals surface area contributed by atoms with Crippen LogP contribution in [0.2, 0.25) is 0 Å². The quantitative estimate of drug-likeness (QED) is 0.678. The Kier molecular flexibility index (Phi) is 7.03. The van der Waals surface area contributed by atoms with Crippen molar-refractivity contribution in [1.29, 1.82) is 0 Å². The topological polar surface area (TPSA) is 96.9 Å². The first-order valence-electron chi connectivity index (χ1n) is 6.59. The maximum atomic E-state index is 11.7. The van der Waals surface area contributed by atoms with Crippen LogP contribution < -0.4 is 15.4 Å². The molecule has 1 rings (SSSR count). The van der Waals surface area contributed by atoms with Crippen LogP contribution in [0.15, 0.2) is 24.3 Å². The molecule has 1 unspecified atom stereocenters. The van der Waals surface area contributed by atoms with Gasteiger partial charge >= 0.3 is 12.0 Å². The minimum absolute atomic E-state index is 0.105. The molecule has 0 heterocycles. The number of anilines is 1. The summed E-state index contributed by atoms with van der Waals surface area (Å²) < 4.78 is 10.2. The van der Waals surface area contributed by atoms with Gasteiger partial charge in [0.1, 0.15) is 5.75 Å². The maximum Gasteiger partial charge on any atom is 0.328 e. The predicted molar refractivity (Wildman–Crippen MR) is 77.7 cm³/mol. The van der Waals surface area contributed by atoms with Crippen LogP contribution in [0, 0.1) is 0 Å². The van der Waals surface area contributed by atoms with Gasteiger partial charge in [0.2, 0.25) is 0 Å². The molecule has 0 radical (unpaired) electrons. The molecule has 7 heteroatoms. The van der Waals surface area contributed by atoms with Gasteiger partial charge < -0.3 is 25.2 Å².